The summed E-state index contributed by atoms with van der Waals surface area (Å²) in [7, 11) is 2.24. The average Bonchev–Trinajstić information content (AvgIpc) is 2.76. The van der Waals surface area contributed by atoms with Crippen LogP contribution < -0.4 is 5.32 Å². The number of thiophene rings is 1. The first kappa shape index (κ1) is 14.0. The van der Waals surface area contributed by atoms with Crippen molar-refractivity contribution in [3.05, 3.63) is 22.4 Å². The van der Waals surface area contributed by atoms with E-state index in [1.165, 1.54) is 57.0 Å². The van der Waals surface area contributed by atoms with Crippen molar-refractivity contribution in [3.8, 4) is 0 Å². The molecule has 0 amide bonds. The van der Waals surface area contributed by atoms with Crippen molar-refractivity contribution >= 4 is 11.3 Å². The molecule has 0 aromatic carbocycles. The summed E-state index contributed by atoms with van der Waals surface area (Å²) in [5, 5.41) is 5.62. The maximum atomic E-state index is 3.45. The third-order valence-electron chi connectivity index (χ3n) is 3.55. The molecular weight excluding hydrogens is 242 g/mol. The van der Waals surface area contributed by atoms with E-state index in [4.69, 9.17) is 0 Å². The van der Waals surface area contributed by atoms with Crippen molar-refractivity contribution in [2.75, 3.05) is 52.9 Å². The Balaban J connectivity index is 1.60. The fourth-order valence-electron chi connectivity index (χ4n) is 2.31. The average molecular weight is 267 g/mol. The van der Waals surface area contributed by atoms with Gasteiger partial charge in [0.15, 0.2) is 0 Å². The largest absolute Gasteiger partial charge is 0.315 e. The van der Waals surface area contributed by atoms with Crippen LogP contribution in [0, 0.1) is 0 Å². The summed E-state index contributed by atoms with van der Waals surface area (Å²) in [6, 6.07) is 4.38. The molecule has 1 saturated heterocycles. The standard InChI is InChI=1S/C14H25N3S/c1-16(9-5-14-4-2-13-18-14)11-12-17-8-3-6-15-7-10-17/h2,4,13,15H,3,5-12H2,1H3. The molecule has 0 spiro atoms. The van der Waals surface area contributed by atoms with Gasteiger partial charge < -0.3 is 15.1 Å². The maximum absolute atomic E-state index is 3.45. The zero-order chi connectivity index (χ0) is 12.6. The predicted octanol–water partition coefficient (Wildman–Crippen LogP) is 1.52. The lowest BCUT2D eigenvalue weighted by atomic mass is 10.3. The minimum Gasteiger partial charge on any atom is -0.315 e. The van der Waals surface area contributed by atoms with Crippen LogP contribution in [0.5, 0.6) is 0 Å². The van der Waals surface area contributed by atoms with Crippen LogP contribution in [0.15, 0.2) is 17.5 Å². The molecule has 2 rings (SSSR count). The molecule has 1 aromatic rings. The molecule has 1 aliphatic heterocycles. The Morgan fingerprint density at radius 2 is 2.28 bits per heavy atom. The lowest BCUT2D eigenvalue weighted by Crippen LogP contribution is -2.36. The van der Waals surface area contributed by atoms with Gasteiger partial charge in [-0.1, -0.05) is 6.07 Å². The van der Waals surface area contributed by atoms with E-state index in [2.05, 4.69) is 39.7 Å². The Hall–Kier alpha value is -0.420. The quantitative estimate of drug-likeness (QED) is 0.843. The third kappa shape index (κ3) is 5.06. The van der Waals surface area contributed by atoms with Crippen molar-refractivity contribution in [1.82, 2.24) is 15.1 Å². The first-order valence-corrected chi connectivity index (χ1v) is 7.86. The van der Waals surface area contributed by atoms with Crippen LogP contribution in [0.1, 0.15) is 11.3 Å². The van der Waals surface area contributed by atoms with E-state index in [9.17, 15) is 0 Å². The van der Waals surface area contributed by atoms with Crippen LogP contribution in [0.25, 0.3) is 0 Å². The molecule has 1 aliphatic rings. The molecule has 4 heteroatoms. The van der Waals surface area contributed by atoms with Gasteiger partial charge in [-0.25, -0.2) is 0 Å². The lowest BCUT2D eigenvalue weighted by molar-refractivity contribution is 0.236. The van der Waals surface area contributed by atoms with Gasteiger partial charge in [-0.2, -0.15) is 0 Å². The van der Waals surface area contributed by atoms with Crippen LogP contribution >= 0.6 is 11.3 Å². The molecule has 0 atom stereocenters. The summed E-state index contributed by atoms with van der Waals surface area (Å²) in [5.74, 6) is 0. The number of hydrogen-bond acceptors (Lipinski definition) is 4. The van der Waals surface area contributed by atoms with Crippen molar-refractivity contribution in [1.29, 1.82) is 0 Å². The second kappa shape index (κ2) is 7.89. The third-order valence-corrected chi connectivity index (χ3v) is 4.49. The van der Waals surface area contributed by atoms with Crippen molar-refractivity contribution in [2.45, 2.75) is 12.8 Å². The molecule has 1 fully saturated rings. The number of likely N-dealkylation sites (N-methyl/N-ethyl adjacent to an activating group) is 1. The van der Waals surface area contributed by atoms with Gasteiger partial charge >= 0.3 is 0 Å². The van der Waals surface area contributed by atoms with Gasteiger partial charge in [0.25, 0.3) is 0 Å². The summed E-state index contributed by atoms with van der Waals surface area (Å²) >= 11 is 1.87. The van der Waals surface area contributed by atoms with Crippen LogP contribution in [0.2, 0.25) is 0 Å². The van der Waals surface area contributed by atoms with Crippen molar-refractivity contribution in [3.63, 3.8) is 0 Å². The fraction of sp³-hybridized carbons (Fsp3) is 0.714. The van der Waals surface area contributed by atoms with E-state index in [1.54, 1.807) is 0 Å². The Labute approximate surface area is 115 Å². The summed E-state index contributed by atoms with van der Waals surface area (Å²) in [6.07, 6.45) is 2.48. The number of hydrogen-bond donors (Lipinski definition) is 1. The Bertz CT molecular complexity index is 305. The Morgan fingerprint density at radius 3 is 3.11 bits per heavy atom. The van der Waals surface area contributed by atoms with E-state index in [0.717, 1.165) is 6.54 Å². The van der Waals surface area contributed by atoms with Crippen molar-refractivity contribution in [2.24, 2.45) is 0 Å². The molecule has 0 saturated carbocycles. The van der Waals surface area contributed by atoms with Gasteiger partial charge in [0.05, 0.1) is 0 Å². The highest BCUT2D eigenvalue weighted by atomic mass is 32.1. The van der Waals surface area contributed by atoms with E-state index < -0.39 is 0 Å². The predicted molar refractivity (Wildman–Crippen MR) is 79.4 cm³/mol. The Kier molecular flexibility index (Phi) is 6.14. The second-order valence-electron chi connectivity index (χ2n) is 5.08. The minimum atomic E-state index is 1.15. The molecule has 1 aromatic heterocycles. The lowest BCUT2D eigenvalue weighted by Gasteiger charge is -2.23. The Morgan fingerprint density at radius 1 is 1.33 bits per heavy atom. The van der Waals surface area contributed by atoms with Gasteiger partial charge in [-0.15, -0.1) is 11.3 Å². The van der Waals surface area contributed by atoms with E-state index in [1.807, 2.05) is 11.3 Å². The minimum absolute atomic E-state index is 1.15. The highest BCUT2D eigenvalue weighted by molar-refractivity contribution is 7.09. The highest BCUT2D eigenvalue weighted by Crippen LogP contribution is 2.09. The number of nitrogens with zero attached hydrogens (tertiary/aromatic N) is 2. The van der Waals surface area contributed by atoms with Crippen LogP contribution in [0.3, 0.4) is 0 Å². The normalized spacial score (nSPS) is 18.1. The number of nitrogens with one attached hydrogen (secondary N) is 1. The first-order chi connectivity index (χ1) is 8.84. The van der Waals surface area contributed by atoms with Crippen LogP contribution in [-0.4, -0.2) is 62.7 Å². The van der Waals surface area contributed by atoms with Gasteiger partial charge in [-0.3, -0.25) is 0 Å². The molecule has 18 heavy (non-hydrogen) atoms. The van der Waals surface area contributed by atoms with E-state index in [-0.39, 0.29) is 0 Å². The van der Waals surface area contributed by atoms with Crippen LogP contribution in [0.4, 0.5) is 0 Å². The van der Waals surface area contributed by atoms with Gasteiger partial charge in [-0.05, 0) is 44.4 Å². The zero-order valence-electron chi connectivity index (χ0n) is 11.4. The topological polar surface area (TPSA) is 18.5 Å². The summed E-state index contributed by atoms with van der Waals surface area (Å²) in [6.45, 7) is 8.37. The van der Waals surface area contributed by atoms with Crippen LogP contribution in [-0.2, 0) is 6.42 Å². The molecule has 2 heterocycles. The molecule has 102 valence electrons. The second-order valence-corrected chi connectivity index (χ2v) is 6.11. The summed E-state index contributed by atoms with van der Waals surface area (Å²) in [5.41, 5.74) is 0. The highest BCUT2D eigenvalue weighted by Gasteiger charge is 2.09. The SMILES string of the molecule is CN(CCc1cccs1)CCN1CCCNCC1. The molecule has 0 unspecified atom stereocenters. The zero-order valence-corrected chi connectivity index (χ0v) is 12.2. The monoisotopic (exact) mass is 267 g/mol. The maximum Gasteiger partial charge on any atom is 0.0110 e. The smallest absolute Gasteiger partial charge is 0.0110 e. The van der Waals surface area contributed by atoms with Gasteiger partial charge in [0.1, 0.15) is 0 Å². The molecule has 1 N–H and O–H groups in total. The molecule has 0 bridgehead atoms. The number of rotatable bonds is 6. The van der Waals surface area contributed by atoms with E-state index in [0.29, 0.717) is 0 Å². The first-order valence-electron chi connectivity index (χ1n) is 6.98. The molecule has 0 aliphatic carbocycles. The van der Waals surface area contributed by atoms with Gasteiger partial charge in [0.2, 0.25) is 0 Å². The summed E-state index contributed by atoms with van der Waals surface area (Å²) < 4.78 is 0. The van der Waals surface area contributed by atoms with Gasteiger partial charge in [0, 0.05) is 37.6 Å². The molecule has 0 radical (unpaired) electrons. The van der Waals surface area contributed by atoms with E-state index >= 15 is 0 Å². The fourth-order valence-corrected chi connectivity index (χ4v) is 3.00. The molecular formula is C14H25N3S. The van der Waals surface area contributed by atoms with Crippen molar-refractivity contribution < 1.29 is 0 Å². The molecule has 3 nitrogen and oxygen atoms in total. The summed E-state index contributed by atoms with van der Waals surface area (Å²) in [4.78, 5) is 6.54.